The van der Waals surface area contributed by atoms with Crippen molar-refractivity contribution in [3.63, 3.8) is 0 Å². The fraction of sp³-hybridized carbons (Fsp3) is 0.529. The topological polar surface area (TPSA) is 79.9 Å². The van der Waals surface area contributed by atoms with E-state index in [1.807, 2.05) is 0 Å². The van der Waals surface area contributed by atoms with Crippen molar-refractivity contribution >= 4 is 17.5 Å². The third kappa shape index (κ3) is 4.86. The zero-order valence-electron chi connectivity index (χ0n) is 14.4. The number of carbonyl (C=O) groups excluding carboxylic acids is 2. The third-order valence-corrected chi connectivity index (χ3v) is 4.08. The van der Waals surface area contributed by atoms with Crippen molar-refractivity contribution in [1.82, 2.24) is 10.2 Å². The van der Waals surface area contributed by atoms with E-state index in [9.17, 15) is 9.59 Å². The van der Waals surface area contributed by atoms with E-state index in [1.54, 1.807) is 39.5 Å². The zero-order valence-corrected chi connectivity index (χ0v) is 14.4. The average molecular weight is 335 g/mol. The van der Waals surface area contributed by atoms with Crippen LogP contribution in [-0.4, -0.2) is 57.6 Å². The number of likely N-dealkylation sites (N-methyl/N-ethyl adjacent to an activating group) is 1. The molecular formula is C17H25N3O4. The largest absolute Gasteiger partial charge is 0.497 e. The molecule has 0 unspecified atom stereocenters. The summed E-state index contributed by atoms with van der Waals surface area (Å²) in [6.07, 6.45) is 1.63. The molecule has 1 aliphatic rings. The van der Waals surface area contributed by atoms with Crippen molar-refractivity contribution in [2.75, 3.05) is 46.2 Å². The van der Waals surface area contributed by atoms with E-state index in [-0.39, 0.29) is 24.3 Å². The van der Waals surface area contributed by atoms with Crippen molar-refractivity contribution in [3.05, 3.63) is 18.2 Å². The first-order valence-electron chi connectivity index (χ1n) is 8.02. The van der Waals surface area contributed by atoms with Crippen LogP contribution in [0, 0.1) is 5.92 Å². The first-order valence-corrected chi connectivity index (χ1v) is 8.02. The van der Waals surface area contributed by atoms with Gasteiger partial charge in [0.05, 0.1) is 20.8 Å². The summed E-state index contributed by atoms with van der Waals surface area (Å²) in [6, 6.07) is 5.13. The van der Waals surface area contributed by atoms with Gasteiger partial charge in [-0.25, -0.2) is 0 Å². The Hall–Kier alpha value is -2.28. The van der Waals surface area contributed by atoms with Gasteiger partial charge < -0.3 is 25.0 Å². The first-order chi connectivity index (χ1) is 11.5. The number of nitrogens with one attached hydrogen (secondary N) is 2. The van der Waals surface area contributed by atoms with Crippen molar-refractivity contribution < 1.29 is 19.1 Å². The number of nitrogens with zero attached hydrogens (tertiary/aromatic N) is 1. The van der Waals surface area contributed by atoms with Crippen molar-refractivity contribution in [1.29, 1.82) is 0 Å². The predicted octanol–water partition coefficient (Wildman–Crippen LogP) is 1.10. The smallest absolute Gasteiger partial charge is 0.243 e. The molecule has 132 valence electrons. The minimum Gasteiger partial charge on any atom is -0.497 e. The van der Waals surface area contributed by atoms with Gasteiger partial charge in [-0.15, -0.1) is 0 Å². The fourth-order valence-corrected chi connectivity index (χ4v) is 2.75. The SMILES string of the molecule is COc1cc(NC(=O)CN(C)C(=O)C2CCNCC2)cc(OC)c1. The fourth-order valence-electron chi connectivity index (χ4n) is 2.75. The summed E-state index contributed by atoms with van der Waals surface area (Å²) in [7, 11) is 4.76. The number of ether oxygens (including phenoxy) is 2. The van der Waals surface area contributed by atoms with E-state index in [4.69, 9.17) is 9.47 Å². The zero-order chi connectivity index (χ0) is 17.5. The molecule has 1 fully saturated rings. The Morgan fingerprint density at radius 2 is 1.75 bits per heavy atom. The van der Waals surface area contributed by atoms with Gasteiger partial charge in [0, 0.05) is 36.9 Å². The number of carbonyl (C=O) groups is 2. The molecule has 0 aromatic heterocycles. The van der Waals surface area contributed by atoms with Crippen LogP contribution in [0.2, 0.25) is 0 Å². The highest BCUT2D eigenvalue weighted by atomic mass is 16.5. The second kappa shape index (κ2) is 8.54. The average Bonchev–Trinajstić information content (AvgIpc) is 2.61. The predicted molar refractivity (Wildman–Crippen MR) is 91.4 cm³/mol. The van der Waals surface area contributed by atoms with Gasteiger partial charge in [-0.2, -0.15) is 0 Å². The lowest BCUT2D eigenvalue weighted by molar-refractivity contribution is -0.137. The number of hydrogen-bond acceptors (Lipinski definition) is 5. The molecule has 2 amide bonds. The van der Waals surface area contributed by atoms with Crippen molar-refractivity contribution in [2.45, 2.75) is 12.8 Å². The number of hydrogen-bond donors (Lipinski definition) is 2. The molecule has 24 heavy (non-hydrogen) atoms. The van der Waals surface area contributed by atoms with Crippen LogP contribution >= 0.6 is 0 Å². The molecule has 1 aromatic carbocycles. The lowest BCUT2D eigenvalue weighted by Crippen LogP contribution is -2.42. The molecule has 1 aliphatic heterocycles. The quantitative estimate of drug-likeness (QED) is 0.814. The monoisotopic (exact) mass is 335 g/mol. The van der Waals surface area contributed by atoms with Gasteiger partial charge in [-0.05, 0) is 25.9 Å². The maximum absolute atomic E-state index is 12.4. The second-order valence-electron chi connectivity index (χ2n) is 5.87. The van der Waals surface area contributed by atoms with Crippen LogP contribution in [0.1, 0.15) is 12.8 Å². The summed E-state index contributed by atoms with van der Waals surface area (Å²) in [4.78, 5) is 26.1. The van der Waals surface area contributed by atoms with Crippen LogP contribution in [0.4, 0.5) is 5.69 Å². The molecule has 0 atom stereocenters. The van der Waals surface area contributed by atoms with E-state index >= 15 is 0 Å². The highest BCUT2D eigenvalue weighted by Gasteiger charge is 2.25. The summed E-state index contributed by atoms with van der Waals surface area (Å²) in [5.74, 6) is 0.943. The van der Waals surface area contributed by atoms with Crippen LogP contribution in [0.25, 0.3) is 0 Å². The molecule has 2 N–H and O–H groups in total. The summed E-state index contributed by atoms with van der Waals surface area (Å²) < 4.78 is 10.4. The van der Waals surface area contributed by atoms with Gasteiger partial charge in [0.1, 0.15) is 11.5 Å². The molecule has 7 nitrogen and oxygen atoms in total. The van der Waals surface area contributed by atoms with E-state index < -0.39 is 0 Å². The highest BCUT2D eigenvalue weighted by Crippen LogP contribution is 2.25. The van der Waals surface area contributed by atoms with E-state index in [1.165, 1.54) is 4.90 Å². The van der Waals surface area contributed by atoms with Crippen LogP contribution in [0.5, 0.6) is 11.5 Å². The van der Waals surface area contributed by atoms with Crippen LogP contribution < -0.4 is 20.1 Å². The maximum atomic E-state index is 12.4. The Kier molecular flexibility index (Phi) is 6.43. The molecule has 7 heteroatoms. The highest BCUT2D eigenvalue weighted by molar-refractivity contribution is 5.95. The first kappa shape index (κ1) is 18.1. The minimum atomic E-state index is -0.255. The van der Waals surface area contributed by atoms with Gasteiger partial charge in [0.25, 0.3) is 0 Å². The molecule has 0 radical (unpaired) electrons. The summed E-state index contributed by atoms with van der Waals surface area (Å²) in [5.41, 5.74) is 0.568. The molecule has 0 spiro atoms. The number of amides is 2. The van der Waals surface area contributed by atoms with Gasteiger partial charge in [-0.1, -0.05) is 0 Å². The molecule has 1 saturated heterocycles. The molecule has 0 aliphatic carbocycles. The second-order valence-corrected chi connectivity index (χ2v) is 5.87. The number of piperidine rings is 1. The Bertz CT molecular complexity index is 563. The lowest BCUT2D eigenvalue weighted by atomic mass is 9.97. The Morgan fingerprint density at radius 3 is 2.29 bits per heavy atom. The standard InChI is InChI=1S/C17H25N3O4/c1-20(17(22)12-4-6-18-7-5-12)11-16(21)19-13-8-14(23-2)10-15(9-13)24-3/h8-10,12,18H,4-7,11H2,1-3H3,(H,19,21). The van der Waals surface area contributed by atoms with Gasteiger partial charge in [0.15, 0.2) is 0 Å². The molecule has 1 heterocycles. The number of rotatable bonds is 6. The summed E-state index contributed by atoms with van der Waals surface area (Å²) in [6.45, 7) is 1.71. The molecular weight excluding hydrogens is 310 g/mol. The van der Waals surface area contributed by atoms with Crippen molar-refractivity contribution in [3.8, 4) is 11.5 Å². The number of benzene rings is 1. The Labute approximate surface area is 142 Å². The third-order valence-electron chi connectivity index (χ3n) is 4.08. The molecule has 0 saturated carbocycles. The number of anilines is 1. The van der Waals surface area contributed by atoms with Gasteiger partial charge in [0.2, 0.25) is 11.8 Å². The van der Waals surface area contributed by atoms with Crippen LogP contribution in [-0.2, 0) is 9.59 Å². The Balaban J connectivity index is 1.93. The maximum Gasteiger partial charge on any atom is 0.243 e. The van der Waals surface area contributed by atoms with E-state index in [2.05, 4.69) is 10.6 Å². The summed E-state index contributed by atoms with van der Waals surface area (Å²) in [5, 5.41) is 6.00. The normalized spacial score (nSPS) is 14.8. The minimum absolute atomic E-state index is 0.000892. The lowest BCUT2D eigenvalue weighted by Gasteiger charge is -2.26. The molecule has 1 aromatic rings. The molecule has 0 bridgehead atoms. The van der Waals surface area contributed by atoms with Gasteiger partial charge in [-0.3, -0.25) is 9.59 Å². The van der Waals surface area contributed by atoms with Gasteiger partial charge >= 0.3 is 0 Å². The Morgan fingerprint density at radius 1 is 1.17 bits per heavy atom. The molecule has 2 rings (SSSR count). The van der Waals surface area contributed by atoms with Crippen LogP contribution in [0.15, 0.2) is 18.2 Å². The summed E-state index contributed by atoms with van der Waals surface area (Å²) >= 11 is 0. The van der Waals surface area contributed by atoms with Crippen LogP contribution in [0.3, 0.4) is 0 Å². The van der Waals surface area contributed by atoms with E-state index in [0.717, 1.165) is 25.9 Å². The van der Waals surface area contributed by atoms with Crippen molar-refractivity contribution in [2.24, 2.45) is 5.92 Å². The van der Waals surface area contributed by atoms with E-state index in [0.29, 0.717) is 17.2 Å². The number of methoxy groups -OCH3 is 2.